The molecule has 3 rings (SSSR count). The minimum atomic E-state index is -0.300. The zero-order valence-electron chi connectivity index (χ0n) is 10.3. The third kappa shape index (κ3) is 2.26. The summed E-state index contributed by atoms with van der Waals surface area (Å²) in [5.41, 5.74) is 0.0429. The maximum Gasteiger partial charge on any atom is 0.298 e. The van der Waals surface area contributed by atoms with E-state index in [1.165, 1.54) is 35.2 Å². The van der Waals surface area contributed by atoms with E-state index in [0.29, 0.717) is 17.4 Å². The third-order valence-electron chi connectivity index (χ3n) is 2.49. The van der Waals surface area contributed by atoms with Gasteiger partial charge in [-0.15, -0.1) is 17.5 Å². The number of nitrogens with one attached hydrogen (secondary N) is 1. The van der Waals surface area contributed by atoms with E-state index in [9.17, 15) is 4.79 Å². The van der Waals surface area contributed by atoms with Gasteiger partial charge in [0.25, 0.3) is 5.56 Å². The second kappa shape index (κ2) is 5.53. The summed E-state index contributed by atoms with van der Waals surface area (Å²) < 4.78 is 7.62. The van der Waals surface area contributed by atoms with Crippen molar-refractivity contribution in [3.8, 4) is 17.4 Å². The molecule has 9 nitrogen and oxygen atoms in total. The lowest BCUT2D eigenvalue weighted by atomic mass is 10.5. The first-order valence-corrected chi connectivity index (χ1v) is 5.33. The summed E-state index contributed by atoms with van der Waals surface area (Å²) >= 11 is 0. The highest BCUT2D eigenvalue weighted by Gasteiger charge is 2.11. The zero-order chi connectivity index (χ0) is 13.2. The van der Waals surface area contributed by atoms with Gasteiger partial charge in [0.05, 0.1) is 25.7 Å². The molecule has 0 unspecified atom stereocenters. The fourth-order valence-electron chi connectivity index (χ4n) is 1.60. The van der Waals surface area contributed by atoms with Gasteiger partial charge in [-0.05, 0) is 0 Å². The Morgan fingerprint density at radius 3 is 2.90 bits per heavy atom. The van der Waals surface area contributed by atoms with E-state index in [4.69, 9.17) is 4.74 Å². The normalized spacial score (nSPS) is 10.1. The number of hydrogen-bond donors (Lipinski definition) is 1. The Balaban J connectivity index is 0.00000147. The molecule has 3 heterocycles. The van der Waals surface area contributed by atoms with Gasteiger partial charge in [-0.3, -0.25) is 9.89 Å². The minimum absolute atomic E-state index is 0. The van der Waals surface area contributed by atoms with Crippen LogP contribution in [0.5, 0.6) is 5.88 Å². The van der Waals surface area contributed by atoms with Crippen molar-refractivity contribution in [2.24, 2.45) is 0 Å². The Morgan fingerprint density at radius 2 is 2.20 bits per heavy atom. The molecule has 0 saturated carbocycles. The van der Waals surface area contributed by atoms with E-state index in [1.54, 1.807) is 12.3 Å². The number of hydrogen-bond acceptors (Lipinski definition) is 6. The maximum absolute atomic E-state index is 12.2. The number of nitrogens with zero attached hydrogens (tertiary/aromatic N) is 6. The Labute approximate surface area is 118 Å². The number of halogens is 1. The quantitative estimate of drug-likeness (QED) is 0.727. The van der Waals surface area contributed by atoms with Gasteiger partial charge in [-0.1, -0.05) is 5.21 Å². The van der Waals surface area contributed by atoms with Crippen LogP contribution in [0.1, 0.15) is 0 Å². The number of H-pyrrole nitrogens is 1. The molecule has 0 spiro atoms. The summed E-state index contributed by atoms with van der Waals surface area (Å²) in [6.45, 7) is 0. The predicted molar refractivity (Wildman–Crippen MR) is 70.7 cm³/mol. The van der Waals surface area contributed by atoms with Crippen molar-refractivity contribution in [1.82, 2.24) is 34.7 Å². The molecule has 3 aromatic rings. The molecule has 0 aliphatic heterocycles. The lowest BCUT2D eigenvalue weighted by molar-refractivity contribution is 0.396. The smallest absolute Gasteiger partial charge is 0.298 e. The summed E-state index contributed by atoms with van der Waals surface area (Å²) in [5.74, 6) is 0.747. The van der Waals surface area contributed by atoms with Crippen molar-refractivity contribution in [2.75, 3.05) is 7.11 Å². The molecule has 0 amide bonds. The Bertz CT molecular complexity index is 749. The number of ether oxygens (including phenoxy) is 1. The summed E-state index contributed by atoms with van der Waals surface area (Å²) in [6.07, 6.45) is 5.90. The fourth-order valence-corrected chi connectivity index (χ4v) is 1.60. The van der Waals surface area contributed by atoms with E-state index in [-0.39, 0.29) is 18.0 Å². The molecule has 0 aromatic carbocycles. The van der Waals surface area contributed by atoms with Crippen molar-refractivity contribution in [3.05, 3.63) is 41.3 Å². The fraction of sp³-hybridized carbons (Fsp3) is 0.100. The number of rotatable bonds is 3. The van der Waals surface area contributed by atoms with Crippen LogP contribution in [0.15, 0.2) is 35.8 Å². The lowest BCUT2D eigenvalue weighted by Gasteiger charge is -2.01. The standard InChI is InChI=1S/C10H9N7O2.ClH/c1-19-9-4-8(11-6-12-9)17-10(18)7(5-14-17)16-3-2-13-15-16;/h2-6,14H,1H3;1H. The minimum Gasteiger partial charge on any atom is -0.481 e. The van der Waals surface area contributed by atoms with Crippen LogP contribution >= 0.6 is 12.4 Å². The van der Waals surface area contributed by atoms with Gasteiger partial charge in [0.1, 0.15) is 6.33 Å². The molecule has 0 bridgehead atoms. The summed E-state index contributed by atoms with van der Waals surface area (Å²) in [6, 6.07) is 1.54. The Hall–Kier alpha value is -2.68. The molecule has 1 N–H and O–H groups in total. The second-order valence-electron chi connectivity index (χ2n) is 3.57. The molecule has 104 valence electrons. The van der Waals surface area contributed by atoms with E-state index < -0.39 is 0 Å². The van der Waals surface area contributed by atoms with Crippen LogP contribution in [0.25, 0.3) is 11.5 Å². The molecule has 0 saturated heterocycles. The van der Waals surface area contributed by atoms with Crippen LogP contribution in [0, 0.1) is 0 Å². The van der Waals surface area contributed by atoms with Crippen LogP contribution in [-0.4, -0.2) is 41.9 Å². The first-order chi connectivity index (χ1) is 9.29. The van der Waals surface area contributed by atoms with Crippen LogP contribution in [0.2, 0.25) is 0 Å². The molecule has 0 radical (unpaired) electrons. The van der Waals surface area contributed by atoms with Crippen LogP contribution in [0.3, 0.4) is 0 Å². The summed E-state index contributed by atoms with van der Waals surface area (Å²) in [5, 5.41) is 10.2. The van der Waals surface area contributed by atoms with Gasteiger partial charge in [-0.2, -0.15) is 4.68 Å². The number of methoxy groups -OCH3 is 1. The maximum atomic E-state index is 12.2. The van der Waals surface area contributed by atoms with E-state index in [1.807, 2.05) is 0 Å². The van der Waals surface area contributed by atoms with Crippen LogP contribution in [0.4, 0.5) is 0 Å². The van der Waals surface area contributed by atoms with Crippen LogP contribution < -0.4 is 10.3 Å². The molecule has 20 heavy (non-hydrogen) atoms. The molecule has 0 aliphatic rings. The molecule has 3 aromatic heterocycles. The highest BCUT2D eigenvalue weighted by atomic mass is 35.5. The molecular weight excluding hydrogens is 286 g/mol. The Morgan fingerprint density at radius 1 is 1.35 bits per heavy atom. The van der Waals surface area contributed by atoms with Crippen LogP contribution in [-0.2, 0) is 0 Å². The van der Waals surface area contributed by atoms with Crippen molar-refractivity contribution >= 4 is 12.4 Å². The van der Waals surface area contributed by atoms with Crippen molar-refractivity contribution in [2.45, 2.75) is 0 Å². The molecular formula is C10H10ClN7O2. The third-order valence-corrected chi connectivity index (χ3v) is 2.49. The number of aromatic amines is 1. The molecule has 10 heteroatoms. The predicted octanol–water partition coefficient (Wildman–Crippen LogP) is -0.0333. The highest BCUT2D eigenvalue weighted by Crippen LogP contribution is 2.08. The number of aromatic nitrogens is 7. The molecule has 0 atom stereocenters. The second-order valence-corrected chi connectivity index (χ2v) is 3.57. The van der Waals surface area contributed by atoms with E-state index >= 15 is 0 Å². The first kappa shape index (κ1) is 13.7. The monoisotopic (exact) mass is 295 g/mol. The van der Waals surface area contributed by atoms with Crippen molar-refractivity contribution in [3.63, 3.8) is 0 Å². The topological polar surface area (TPSA) is 104 Å². The largest absolute Gasteiger partial charge is 0.481 e. The first-order valence-electron chi connectivity index (χ1n) is 5.33. The van der Waals surface area contributed by atoms with Gasteiger partial charge in [0, 0.05) is 6.07 Å². The highest BCUT2D eigenvalue weighted by molar-refractivity contribution is 5.85. The van der Waals surface area contributed by atoms with Gasteiger partial charge in [0.2, 0.25) is 5.88 Å². The van der Waals surface area contributed by atoms with Gasteiger partial charge in [0.15, 0.2) is 11.5 Å². The SMILES string of the molecule is COc1cc(-n2[nH]cc(-n3ccnn3)c2=O)ncn1.Cl. The van der Waals surface area contributed by atoms with Crippen molar-refractivity contribution in [1.29, 1.82) is 0 Å². The van der Waals surface area contributed by atoms with Gasteiger partial charge in [-0.25, -0.2) is 14.6 Å². The average Bonchev–Trinajstić information content (AvgIpc) is 3.08. The van der Waals surface area contributed by atoms with Gasteiger partial charge >= 0.3 is 0 Å². The zero-order valence-corrected chi connectivity index (χ0v) is 11.1. The lowest BCUT2D eigenvalue weighted by Crippen LogP contribution is -2.19. The van der Waals surface area contributed by atoms with Crippen molar-refractivity contribution < 1.29 is 4.74 Å². The molecule has 0 aliphatic carbocycles. The summed E-state index contributed by atoms with van der Waals surface area (Å²) in [7, 11) is 1.49. The summed E-state index contributed by atoms with van der Waals surface area (Å²) in [4.78, 5) is 20.1. The average molecular weight is 296 g/mol. The van der Waals surface area contributed by atoms with E-state index in [2.05, 4.69) is 25.4 Å². The van der Waals surface area contributed by atoms with Gasteiger partial charge < -0.3 is 4.74 Å². The Kier molecular flexibility index (Phi) is 3.80. The van der Waals surface area contributed by atoms with E-state index in [0.717, 1.165) is 0 Å². The molecule has 0 fully saturated rings.